The second-order valence-corrected chi connectivity index (χ2v) is 4.86. The average Bonchev–Trinajstić information content (AvgIpc) is 2.88. The highest BCUT2D eigenvalue weighted by Gasteiger charge is 2.12. The molecule has 0 unspecified atom stereocenters. The Morgan fingerprint density at radius 2 is 2.14 bits per heavy atom. The number of fused-ring (bicyclic) bond motifs is 1. The van der Waals surface area contributed by atoms with Gasteiger partial charge in [-0.2, -0.15) is 0 Å². The van der Waals surface area contributed by atoms with E-state index in [1.807, 2.05) is 18.3 Å². The average molecular weight is 285 g/mol. The molecule has 108 valence electrons. The van der Waals surface area contributed by atoms with Crippen LogP contribution in [-0.4, -0.2) is 14.7 Å². The molecule has 5 heteroatoms. The highest BCUT2D eigenvalue weighted by Crippen LogP contribution is 2.35. The zero-order valence-corrected chi connectivity index (χ0v) is 11.7. The summed E-state index contributed by atoms with van der Waals surface area (Å²) in [5, 5.41) is 13.8. The number of phenolic OH excluding ortho intramolecular Hbond substituents is 1. The van der Waals surface area contributed by atoms with E-state index in [4.69, 9.17) is 0 Å². The summed E-state index contributed by atoms with van der Waals surface area (Å²) in [6, 6.07) is 8.24. The maximum Gasteiger partial charge on any atom is 0.166 e. The summed E-state index contributed by atoms with van der Waals surface area (Å²) in [5.74, 6) is -0.285. The Bertz CT molecular complexity index is 782. The predicted octanol–water partition coefficient (Wildman–Crippen LogP) is 4.03. The van der Waals surface area contributed by atoms with Gasteiger partial charge >= 0.3 is 0 Å². The molecule has 0 atom stereocenters. The third-order valence-electron chi connectivity index (χ3n) is 3.40. The van der Waals surface area contributed by atoms with Crippen LogP contribution in [-0.2, 0) is 6.54 Å². The number of aromatic nitrogens is 2. The van der Waals surface area contributed by atoms with E-state index in [0.29, 0.717) is 5.69 Å². The topological polar surface area (TPSA) is 50.1 Å². The largest absolute Gasteiger partial charge is 0.506 e. The molecule has 0 aliphatic carbocycles. The van der Waals surface area contributed by atoms with Crippen LogP contribution in [0.3, 0.4) is 0 Å². The van der Waals surface area contributed by atoms with E-state index in [2.05, 4.69) is 21.8 Å². The van der Waals surface area contributed by atoms with Gasteiger partial charge < -0.3 is 15.0 Å². The van der Waals surface area contributed by atoms with Crippen molar-refractivity contribution in [2.24, 2.45) is 0 Å². The molecule has 0 spiro atoms. The Hall–Kier alpha value is -2.56. The number of aryl methyl sites for hydroxylation is 1. The Morgan fingerprint density at radius 1 is 1.29 bits per heavy atom. The van der Waals surface area contributed by atoms with E-state index in [9.17, 15) is 9.50 Å². The molecule has 0 bridgehead atoms. The van der Waals surface area contributed by atoms with Crippen LogP contribution in [0, 0.1) is 5.82 Å². The first-order valence-corrected chi connectivity index (χ1v) is 6.89. The zero-order chi connectivity index (χ0) is 14.8. The third-order valence-corrected chi connectivity index (χ3v) is 3.40. The van der Waals surface area contributed by atoms with Gasteiger partial charge in [-0.05, 0) is 36.8 Å². The number of rotatable bonds is 4. The van der Waals surface area contributed by atoms with Gasteiger partial charge in [0.2, 0.25) is 0 Å². The first-order valence-electron chi connectivity index (χ1n) is 6.89. The summed E-state index contributed by atoms with van der Waals surface area (Å²) in [6.07, 6.45) is 4.49. The summed E-state index contributed by atoms with van der Waals surface area (Å²) in [4.78, 5) is 3.96. The number of anilines is 2. The van der Waals surface area contributed by atoms with Crippen LogP contribution >= 0.6 is 0 Å². The summed E-state index contributed by atoms with van der Waals surface area (Å²) in [5.41, 5.74) is 1.47. The molecule has 2 aromatic heterocycles. The lowest BCUT2D eigenvalue weighted by molar-refractivity contribution is 0.478. The second-order valence-electron chi connectivity index (χ2n) is 4.86. The number of phenols is 1. The fourth-order valence-electron chi connectivity index (χ4n) is 2.42. The molecule has 0 amide bonds. The van der Waals surface area contributed by atoms with E-state index in [0.717, 1.165) is 23.9 Å². The molecule has 3 aromatic rings. The summed E-state index contributed by atoms with van der Waals surface area (Å²) in [6.45, 7) is 3.00. The van der Waals surface area contributed by atoms with Gasteiger partial charge in [0, 0.05) is 24.3 Å². The predicted molar refractivity (Wildman–Crippen MR) is 81.4 cm³/mol. The van der Waals surface area contributed by atoms with E-state index in [1.165, 1.54) is 18.3 Å². The molecule has 0 fully saturated rings. The van der Waals surface area contributed by atoms with Crippen molar-refractivity contribution in [1.82, 2.24) is 9.55 Å². The van der Waals surface area contributed by atoms with E-state index >= 15 is 0 Å². The number of halogens is 1. The van der Waals surface area contributed by atoms with Crippen LogP contribution in [0.15, 0.2) is 42.7 Å². The number of nitrogens with zero attached hydrogens (tertiary/aromatic N) is 2. The number of aromatic hydroxyl groups is 1. The van der Waals surface area contributed by atoms with Gasteiger partial charge in [0.05, 0.1) is 11.2 Å². The monoisotopic (exact) mass is 285 g/mol. The van der Waals surface area contributed by atoms with E-state index in [-0.39, 0.29) is 11.6 Å². The van der Waals surface area contributed by atoms with Gasteiger partial charge in [-0.3, -0.25) is 0 Å². The van der Waals surface area contributed by atoms with Crippen molar-refractivity contribution < 1.29 is 9.50 Å². The van der Waals surface area contributed by atoms with Crippen LogP contribution in [0.25, 0.3) is 10.9 Å². The second kappa shape index (κ2) is 5.44. The Balaban J connectivity index is 2.09. The number of hydrogen-bond acceptors (Lipinski definition) is 3. The van der Waals surface area contributed by atoms with Gasteiger partial charge in [0.25, 0.3) is 0 Å². The lowest BCUT2D eigenvalue weighted by Crippen LogP contribution is -1.98. The summed E-state index contributed by atoms with van der Waals surface area (Å²) in [7, 11) is 0. The fourth-order valence-corrected chi connectivity index (χ4v) is 2.42. The minimum Gasteiger partial charge on any atom is -0.506 e. The highest BCUT2D eigenvalue weighted by molar-refractivity contribution is 5.97. The molecule has 0 aliphatic rings. The zero-order valence-electron chi connectivity index (χ0n) is 11.7. The quantitative estimate of drug-likeness (QED) is 0.711. The van der Waals surface area contributed by atoms with Gasteiger partial charge in [-0.25, -0.2) is 9.37 Å². The van der Waals surface area contributed by atoms with Crippen molar-refractivity contribution in [1.29, 1.82) is 0 Å². The minimum absolute atomic E-state index is 0.0711. The highest BCUT2D eigenvalue weighted by atomic mass is 19.1. The van der Waals surface area contributed by atoms with Crippen molar-refractivity contribution in [3.05, 3.63) is 48.5 Å². The Kier molecular flexibility index (Phi) is 3.48. The van der Waals surface area contributed by atoms with Gasteiger partial charge in [-0.1, -0.05) is 6.92 Å². The number of pyridine rings is 1. The maximum absolute atomic E-state index is 13.7. The molecule has 2 N–H and O–H groups in total. The van der Waals surface area contributed by atoms with Crippen molar-refractivity contribution in [3.63, 3.8) is 0 Å². The molecule has 0 radical (unpaired) electrons. The Morgan fingerprint density at radius 3 is 2.90 bits per heavy atom. The molecule has 3 rings (SSSR count). The minimum atomic E-state index is -0.457. The first kappa shape index (κ1) is 13.4. The van der Waals surface area contributed by atoms with Crippen molar-refractivity contribution in [2.75, 3.05) is 5.32 Å². The number of nitrogens with one attached hydrogen (secondary N) is 1. The van der Waals surface area contributed by atoms with Gasteiger partial charge in [-0.15, -0.1) is 0 Å². The van der Waals surface area contributed by atoms with Crippen LogP contribution in [0.5, 0.6) is 5.75 Å². The van der Waals surface area contributed by atoms with Gasteiger partial charge in [0.1, 0.15) is 5.75 Å². The van der Waals surface area contributed by atoms with Crippen LogP contribution in [0.2, 0.25) is 0 Å². The SMILES string of the molecule is CCCn1ccc2c(Nc3ncccc3F)c(O)ccc21. The molecule has 0 aliphatic heterocycles. The first-order chi connectivity index (χ1) is 10.2. The molecular weight excluding hydrogens is 269 g/mol. The number of hydrogen-bond donors (Lipinski definition) is 2. The maximum atomic E-state index is 13.7. The van der Waals surface area contributed by atoms with Gasteiger partial charge in [0.15, 0.2) is 11.6 Å². The van der Waals surface area contributed by atoms with Crippen LogP contribution < -0.4 is 5.32 Å². The van der Waals surface area contributed by atoms with Crippen molar-refractivity contribution in [3.8, 4) is 5.75 Å². The summed E-state index contributed by atoms with van der Waals surface area (Å²) >= 11 is 0. The smallest absolute Gasteiger partial charge is 0.166 e. The molecule has 2 heterocycles. The fraction of sp³-hybridized carbons (Fsp3) is 0.188. The van der Waals surface area contributed by atoms with E-state index in [1.54, 1.807) is 6.07 Å². The third kappa shape index (κ3) is 2.42. The lowest BCUT2D eigenvalue weighted by Gasteiger charge is -2.11. The number of benzene rings is 1. The lowest BCUT2D eigenvalue weighted by atomic mass is 10.2. The van der Waals surface area contributed by atoms with E-state index < -0.39 is 5.82 Å². The van der Waals surface area contributed by atoms with Crippen LogP contribution in [0.4, 0.5) is 15.9 Å². The molecule has 4 nitrogen and oxygen atoms in total. The van der Waals surface area contributed by atoms with Crippen molar-refractivity contribution >= 4 is 22.4 Å². The molecular formula is C16H16FN3O. The summed E-state index contributed by atoms with van der Waals surface area (Å²) < 4.78 is 15.8. The molecule has 0 saturated carbocycles. The molecule has 0 saturated heterocycles. The standard InChI is InChI=1S/C16H16FN3O/c1-2-9-20-10-7-11-13(20)5-6-14(21)15(11)19-16-12(17)4-3-8-18-16/h3-8,10,21H,2,9H2,1H3,(H,18,19). The molecule has 1 aromatic carbocycles. The Labute approximate surface area is 121 Å². The van der Waals surface area contributed by atoms with Crippen molar-refractivity contribution in [2.45, 2.75) is 19.9 Å². The molecule has 21 heavy (non-hydrogen) atoms. The van der Waals surface area contributed by atoms with Crippen LogP contribution in [0.1, 0.15) is 13.3 Å². The normalized spacial score (nSPS) is 11.0.